The Morgan fingerprint density at radius 1 is 1.35 bits per heavy atom. The highest BCUT2D eigenvalue weighted by atomic mass is 79.9. The molecule has 0 aliphatic rings. The van der Waals surface area contributed by atoms with Crippen LogP contribution in [0.3, 0.4) is 0 Å². The first-order valence-electron chi connectivity index (χ1n) is 4.41. The van der Waals surface area contributed by atoms with Gasteiger partial charge in [-0.1, -0.05) is 0 Å². The molecule has 4 nitrogen and oxygen atoms in total. The Morgan fingerprint density at radius 3 is 2.65 bits per heavy atom. The average Bonchev–Trinajstić information content (AvgIpc) is 2.72. The molecule has 1 heterocycles. The number of carboxylic acids is 1. The molecule has 0 atom stereocenters. The lowest BCUT2D eigenvalue weighted by atomic mass is 10.3. The van der Waals surface area contributed by atoms with E-state index in [1.807, 2.05) is 0 Å². The van der Waals surface area contributed by atoms with Crippen LogP contribution in [0.5, 0.6) is 0 Å². The molecule has 1 N–H and O–H groups in total. The number of carboxylic acid groups (broad SMARTS) is 1. The van der Waals surface area contributed by atoms with E-state index >= 15 is 0 Å². The molecule has 0 amide bonds. The molecular formula is C10H5BrF2N2O2. The van der Waals surface area contributed by atoms with Crippen LogP contribution in [0.4, 0.5) is 8.78 Å². The van der Waals surface area contributed by atoms with E-state index in [1.165, 1.54) is 10.6 Å². The van der Waals surface area contributed by atoms with Crippen molar-refractivity contribution in [2.45, 2.75) is 0 Å². The van der Waals surface area contributed by atoms with Crippen LogP contribution in [0.1, 0.15) is 10.5 Å². The molecule has 0 saturated heterocycles. The first kappa shape index (κ1) is 11.7. The smallest absolute Gasteiger partial charge is 0.356 e. The SMILES string of the molecule is O=C(O)c1cn(-c2cc(Br)c(F)cc2F)cn1. The molecule has 0 aliphatic carbocycles. The Kier molecular flexibility index (Phi) is 2.93. The maximum Gasteiger partial charge on any atom is 0.356 e. The molecule has 0 spiro atoms. The second-order valence-electron chi connectivity index (χ2n) is 3.19. The first-order valence-corrected chi connectivity index (χ1v) is 5.20. The van der Waals surface area contributed by atoms with E-state index in [-0.39, 0.29) is 15.9 Å². The number of imidazole rings is 1. The lowest BCUT2D eigenvalue weighted by molar-refractivity contribution is 0.0691. The highest BCUT2D eigenvalue weighted by Crippen LogP contribution is 2.22. The van der Waals surface area contributed by atoms with Gasteiger partial charge in [0.25, 0.3) is 0 Å². The molecule has 2 rings (SSSR count). The molecule has 17 heavy (non-hydrogen) atoms. The van der Waals surface area contributed by atoms with Crippen LogP contribution < -0.4 is 0 Å². The van der Waals surface area contributed by atoms with E-state index in [1.54, 1.807) is 0 Å². The number of benzene rings is 1. The second kappa shape index (κ2) is 4.25. The Balaban J connectivity index is 2.52. The minimum Gasteiger partial charge on any atom is -0.476 e. The first-order chi connectivity index (χ1) is 7.99. The molecule has 1 aromatic carbocycles. The van der Waals surface area contributed by atoms with Crippen molar-refractivity contribution in [1.29, 1.82) is 0 Å². The van der Waals surface area contributed by atoms with Crippen LogP contribution in [0.15, 0.2) is 29.1 Å². The quantitative estimate of drug-likeness (QED) is 0.868. The molecule has 7 heteroatoms. The molecule has 88 valence electrons. The third kappa shape index (κ3) is 2.19. The normalized spacial score (nSPS) is 10.5. The fourth-order valence-corrected chi connectivity index (χ4v) is 1.61. The van der Waals surface area contributed by atoms with E-state index < -0.39 is 17.6 Å². The van der Waals surface area contributed by atoms with Gasteiger partial charge in [0.15, 0.2) is 5.69 Å². The lowest BCUT2D eigenvalue weighted by Crippen LogP contribution is -1.98. The second-order valence-corrected chi connectivity index (χ2v) is 4.04. The van der Waals surface area contributed by atoms with E-state index in [0.717, 1.165) is 12.5 Å². The molecular weight excluding hydrogens is 298 g/mol. The number of rotatable bonds is 2. The van der Waals surface area contributed by atoms with Crippen LogP contribution >= 0.6 is 15.9 Å². The van der Waals surface area contributed by atoms with E-state index in [2.05, 4.69) is 20.9 Å². The van der Waals surface area contributed by atoms with Gasteiger partial charge in [-0.25, -0.2) is 18.6 Å². The molecule has 2 aromatic rings. The predicted octanol–water partition coefficient (Wildman–Crippen LogP) is 2.61. The van der Waals surface area contributed by atoms with Crippen molar-refractivity contribution in [2.75, 3.05) is 0 Å². The van der Waals surface area contributed by atoms with Crippen LogP contribution in [0.25, 0.3) is 5.69 Å². The van der Waals surface area contributed by atoms with E-state index in [0.29, 0.717) is 6.07 Å². The molecule has 0 unspecified atom stereocenters. The summed E-state index contributed by atoms with van der Waals surface area (Å²) in [5.74, 6) is -2.75. The van der Waals surface area contributed by atoms with Gasteiger partial charge in [-0.3, -0.25) is 0 Å². The summed E-state index contributed by atoms with van der Waals surface area (Å²) in [5, 5.41) is 8.67. The van der Waals surface area contributed by atoms with Gasteiger partial charge < -0.3 is 9.67 Å². The number of nitrogens with zero attached hydrogens (tertiary/aromatic N) is 2. The van der Waals surface area contributed by atoms with Gasteiger partial charge in [-0.2, -0.15) is 0 Å². The van der Waals surface area contributed by atoms with E-state index in [9.17, 15) is 13.6 Å². The molecule has 0 aliphatic heterocycles. The Bertz CT molecular complexity index is 598. The summed E-state index contributed by atoms with van der Waals surface area (Å²) in [6.45, 7) is 0. The zero-order chi connectivity index (χ0) is 12.6. The fraction of sp³-hybridized carbons (Fsp3) is 0. The van der Waals surface area contributed by atoms with Crippen molar-refractivity contribution in [1.82, 2.24) is 9.55 Å². The van der Waals surface area contributed by atoms with E-state index in [4.69, 9.17) is 5.11 Å². The summed E-state index contributed by atoms with van der Waals surface area (Å²) >= 11 is 2.92. The number of hydrogen-bond acceptors (Lipinski definition) is 2. The maximum absolute atomic E-state index is 13.5. The summed E-state index contributed by atoms with van der Waals surface area (Å²) < 4.78 is 27.7. The average molecular weight is 303 g/mol. The Morgan fingerprint density at radius 2 is 2.06 bits per heavy atom. The van der Waals surface area contributed by atoms with Crippen molar-refractivity contribution in [2.24, 2.45) is 0 Å². The lowest BCUT2D eigenvalue weighted by Gasteiger charge is -2.04. The molecule has 0 bridgehead atoms. The summed E-state index contributed by atoms with van der Waals surface area (Å²) in [6, 6.07) is 1.91. The van der Waals surface area contributed by atoms with Crippen LogP contribution in [0, 0.1) is 11.6 Å². The van der Waals surface area contributed by atoms with Crippen molar-refractivity contribution < 1.29 is 18.7 Å². The highest BCUT2D eigenvalue weighted by molar-refractivity contribution is 9.10. The van der Waals surface area contributed by atoms with Crippen molar-refractivity contribution in [3.05, 3.63) is 46.5 Å². The predicted molar refractivity (Wildman–Crippen MR) is 58.1 cm³/mol. The van der Waals surface area contributed by atoms with Gasteiger partial charge in [-0.15, -0.1) is 0 Å². The molecule has 1 aromatic heterocycles. The van der Waals surface area contributed by atoms with Crippen molar-refractivity contribution >= 4 is 21.9 Å². The summed E-state index contributed by atoms with van der Waals surface area (Å²) in [7, 11) is 0. The van der Waals surface area contributed by atoms with Gasteiger partial charge in [0.2, 0.25) is 0 Å². The number of aromatic nitrogens is 2. The highest BCUT2D eigenvalue weighted by Gasteiger charge is 2.12. The fourth-order valence-electron chi connectivity index (χ4n) is 1.27. The summed E-state index contributed by atoms with van der Waals surface area (Å²) in [5.41, 5.74) is -0.205. The maximum atomic E-state index is 13.5. The summed E-state index contributed by atoms with van der Waals surface area (Å²) in [6.07, 6.45) is 2.29. The number of halogens is 3. The summed E-state index contributed by atoms with van der Waals surface area (Å²) in [4.78, 5) is 14.2. The van der Waals surface area contributed by atoms with Crippen molar-refractivity contribution in [3.8, 4) is 5.69 Å². The Hall–Kier alpha value is -1.76. The third-order valence-electron chi connectivity index (χ3n) is 2.07. The molecule has 0 radical (unpaired) electrons. The van der Waals surface area contributed by atoms with Gasteiger partial charge in [0.05, 0.1) is 10.2 Å². The molecule has 0 fully saturated rings. The van der Waals surface area contributed by atoms with Crippen LogP contribution in [-0.2, 0) is 0 Å². The van der Waals surface area contributed by atoms with Gasteiger partial charge >= 0.3 is 5.97 Å². The standard InChI is InChI=1S/C10H5BrF2N2O2/c11-5-1-9(7(13)2-6(5)12)15-3-8(10(16)17)14-4-15/h1-4H,(H,16,17). The Labute approximate surface area is 103 Å². The number of hydrogen-bond donors (Lipinski definition) is 1. The van der Waals surface area contributed by atoms with Crippen LogP contribution in [-0.4, -0.2) is 20.6 Å². The zero-order valence-corrected chi connectivity index (χ0v) is 9.78. The van der Waals surface area contributed by atoms with Crippen molar-refractivity contribution in [3.63, 3.8) is 0 Å². The number of aromatic carboxylic acids is 1. The zero-order valence-electron chi connectivity index (χ0n) is 8.19. The minimum atomic E-state index is -1.22. The van der Waals surface area contributed by atoms with Gasteiger partial charge in [0.1, 0.15) is 18.0 Å². The third-order valence-corrected chi connectivity index (χ3v) is 2.68. The number of carbonyl (C=O) groups is 1. The molecule has 0 saturated carbocycles. The van der Waals surface area contributed by atoms with Gasteiger partial charge in [-0.05, 0) is 22.0 Å². The largest absolute Gasteiger partial charge is 0.476 e. The van der Waals surface area contributed by atoms with Gasteiger partial charge in [0, 0.05) is 12.3 Å². The minimum absolute atomic E-state index is 0.0123. The topological polar surface area (TPSA) is 55.1 Å². The van der Waals surface area contributed by atoms with Crippen LogP contribution in [0.2, 0.25) is 0 Å². The monoisotopic (exact) mass is 302 g/mol.